The third-order valence-electron chi connectivity index (χ3n) is 2.44. The van der Waals surface area contributed by atoms with Crippen LogP contribution >= 0.6 is 0 Å². The van der Waals surface area contributed by atoms with Crippen LogP contribution in [0.2, 0.25) is 0 Å². The summed E-state index contributed by atoms with van der Waals surface area (Å²) in [7, 11) is 0. The van der Waals surface area contributed by atoms with Crippen molar-refractivity contribution in [3.8, 4) is 0 Å². The van der Waals surface area contributed by atoms with Gasteiger partial charge in [-0.2, -0.15) is 13.2 Å². The predicted octanol–water partition coefficient (Wildman–Crippen LogP) is 2.58. The molecule has 0 radical (unpaired) electrons. The number of nitrogens with two attached hydrogens (primary N) is 1. The summed E-state index contributed by atoms with van der Waals surface area (Å²) in [6.45, 7) is 3.79. The zero-order valence-corrected chi connectivity index (χ0v) is 11.9. The van der Waals surface area contributed by atoms with E-state index in [2.05, 4.69) is 5.32 Å². The van der Waals surface area contributed by atoms with Gasteiger partial charge in [0.25, 0.3) is 0 Å². The summed E-state index contributed by atoms with van der Waals surface area (Å²) in [5.74, 6) is -0.558. The summed E-state index contributed by atoms with van der Waals surface area (Å²) in [4.78, 5) is 0. The summed E-state index contributed by atoms with van der Waals surface area (Å²) >= 11 is -2.33. The second kappa shape index (κ2) is 6.11. The number of benzene rings is 1. The largest absolute Gasteiger partial charge is 0.416 e. The number of rotatable bonds is 5. The zero-order valence-electron chi connectivity index (χ0n) is 11.1. The molecular weight excluding hydrogens is 293 g/mol. The maximum atomic E-state index is 12.9. The van der Waals surface area contributed by atoms with Crippen LogP contribution in [0.1, 0.15) is 25.0 Å². The van der Waals surface area contributed by atoms with Crippen molar-refractivity contribution in [3.63, 3.8) is 0 Å². The van der Waals surface area contributed by atoms with Crippen molar-refractivity contribution in [2.45, 2.75) is 31.3 Å². The minimum Gasteiger partial charge on any atom is -0.383 e. The Hall–Kier alpha value is -1.12. The molecule has 20 heavy (non-hydrogen) atoms. The lowest BCUT2D eigenvalue weighted by molar-refractivity contribution is -0.138. The molecule has 1 unspecified atom stereocenters. The first-order valence-corrected chi connectivity index (χ1v) is 7.07. The smallest absolute Gasteiger partial charge is 0.383 e. The minimum absolute atomic E-state index is 0.212. The van der Waals surface area contributed by atoms with Gasteiger partial charge in [-0.3, -0.25) is 0 Å². The highest BCUT2D eigenvalue weighted by Gasteiger charge is 2.34. The van der Waals surface area contributed by atoms with E-state index in [1.54, 1.807) is 13.8 Å². The van der Waals surface area contributed by atoms with Crippen molar-refractivity contribution >= 4 is 16.8 Å². The Labute approximate surface area is 117 Å². The van der Waals surface area contributed by atoms with Gasteiger partial charge in [-0.05, 0) is 31.5 Å². The van der Waals surface area contributed by atoms with E-state index in [1.807, 2.05) is 0 Å². The summed E-state index contributed by atoms with van der Waals surface area (Å²) in [6.07, 6.45) is -4.58. The second-order valence-electron chi connectivity index (χ2n) is 5.18. The Morgan fingerprint density at radius 2 is 1.95 bits per heavy atom. The molecule has 0 fully saturated rings. The molecule has 0 aliphatic heterocycles. The fourth-order valence-corrected chi connectivity index (χ4v) is 2.06. The molecule has 0 saturated heterocycles. The first-order chi connectivity index (χ1) is 8.99. The van der Waals surface area contributed by atoms with Gasteiger partial charge in [-0.15, -0.1) is 0 Å². The van der Waals surface area contributed by atoms with E-state index in [0.29, 0.717) is 6.54 Å². The molecule has 4 nitrogen and oxygen atoms in total. The van der Waals surface area contributed by atoms with E-state index in [9.17, 15) is 17.4 Å². The SMILES string of the molecule is CC(C)(N)CNc1ccc(CS(=O)O)c(C(F)(F)F)c1. The molecule has 1 aromatic rings. The molecular formula is C12H17F3N2O2S. The number of halogens is 3. The highest BCUT2D eigenvalue weighted by molar-refractivity contribution is 7.78. The van der Waals surface area contributed by atoms with Gasteiger partial charge in [0.05, 0.1) is 11.3 Å². The average molecular weight is 310 g/mol. The van der Waals surface area contributed by atoms with Gasteiger partial charge in [0.15, 0.2) is 11.1 Å². The molecule has 0 heterocycles. The van der Waals surface area contributed by atoms with Crippen LogP contribution < -0.4 is 11.1 Å². The highest BCUT2D eigenvalue weighted by atomic mass is 32.2. The molecule has 1 rings (SSSR count). The normalized spacial score (nSPS) is 14.2. The Bertz CT molecular complexity index is 498. The Kier molecular flexibility index (Phi) is 5.17. The van der Waals surface area contributed by atoms with Crippen LogP contribution in [0.3, 0.4) is 0 Å². The van der Waals surface area contributed by atoms with E-state index >= 15 is 0 Å². The summed E-state index contributed by atoms with van der Waals surface area (Å²) in [5.41, 5.74) is 4.32. The van der Waals surface area contributed by atoms with Crippen molar-refractivity contribution in [2.75, 3.05) is 11.9 Å². The third-order valence-corrected chi connectivity index (χ3v) is 3.00. The maximum absolute atomic E-state index is 12.9. The van der Waals surface area contributed by atoms with Crippen molar-refractivity contribution in [3.05, 3.63) is 29.3 Å². The zero-order chi connectivity index (χ0) is 15.6. The Morgan fingerprint density at radius 3 is 2.40 bits per heavy atom. The lowest BCUT2D eigenvalue weighted by atomic mass is 10.1. The summed E-state index contributed by atoms with van der Waals surface area (Å²) in [5, 5.41) is 2.81. The predicted molar refractivity (Wildman–Crippen MR) is 72.7 cm³/mol. The molecule has 0 aliphatic rings. The molecule has 1 atom stereocenters. The molecule has 1 aromatic carbocycles. The summed E-state index contributed by atoms with van der Waals surface area (Å²) in [6, 6.07) is 3.56. The van der Waals surface area contributed by atoms with Crippen molar-refractivity contribution in [1.29, 1.82) is 0 Å². The molecule has 8 heteroatoms. The van der Waals surface area contributed by atoms with Crippen molar-refractivity contribution in [1.82, 2.24) is 0 Å². The monoisotopic (exact) mass is 310 g/mol. The topological polar surface area (TPSA) is 75.3 Å². The number of hydrogen-bond acceptors (Lipinski definition) is 3. The van der Waals surface area contributed by atoms with E-state index in [0.717, 1.165) is 6.07 Å². The lowest BCUT2D eigenvalue weighted by Crippen LogP contribution is -2.39. The number of anilines is 1. The number of alkyl halides is 3. The van der Waals surface area contributed by atoms with E-state index in [4.69, 9.17) is 10.3 Å². The molecule has 0 saturated carbocycles. The Balaban J connectivity index is 3.05. The van der Waals surface area contributed by atoms with Crippen LogP contribution in [-0.4, -0.2) is 20.8 Å². The first kappa shape index (κ1) is 16.9. The average Bonchev–Trinajstić information content (AvgIpc) is 2.24. The van der Waals surface area contributed by atoms with E-state index < -0.39 is 34.1 Å². The van der Waals surface area contributed by atoms with Gasteiger partial charge in [-0.25, -0.2) is 4.21 Å². The second-order valence-corrected chi connectivity index (χ2v) is 6.11. The summed E-state index contributed by atoms with van der Waals surface area (Å²) < 4.78 is 58.2. The fourth-order valence-electron chi connectivity index (χ4n) is 1.54. The minimum atomic E-state index is -4.58. The van der Waals surface area contributed by atoms with Crippen molar-refractivity contribution < 1.29 is 21.9 Å². The van der Waals surface area contributed by atoms with Crippen LogP contribution in [0, 0.1) is 0 Å². The van der Waals surface area contributed by atoms with Crippen molar-refractivity contribution in [2.24, 2.45) is 5.73 Å². The van der Waals surface area contributed by atoms with Crippen LogP contribution in [0.15, 0.2) is 18.2 Å². The van der Waals surface area contributed by atoms with Gasteiger partial charge in [0.1, 0.15) is 0 Å². The molecule has 0 bridgehead atoms. The van der Waals surface area contributed by atoms with Gasteiger partial charge in [0, 0.05) is 17.8 Å². The van der Waals surface area contributed by atoms with Crippen LogP contribution in [-0.2, 0) is 23.0 Å². The van der Waals surface area contributed by atoms with E-state index in [1.165, 1.54) is 12.1 Å². The number of nitrogens with one attached hydrogen (secondary N) is 1. The van der Waals surface area contributed by atoms with Crippen LogP contribution in [0.5, 0.6) is 0 Å². The van der Waals surface area contributed by atoms with Crippen LogP contribution in [0.25, 0.3) is 0 Å². The molecule has 0 aliphatic carbocycles. The lowest BCUT2D eigenvalue weighted by Gasteiger charge is -2.21. The van der Waals surface area contributed by atoms with Gasteiger partial charge >= 0.3 is 6.18 Å². The fraction of sp³-hybridized carbons (Fsp3) is 0.500. The maximum Gasteiger partial charge on any atom is 0.416 e. The van der Waals surface area contributed by atoms with Gasteiger partial charge < -0.3 is 15.6 Å². The van der Waals surface area contributed by atoms with Gasteiger partial charge in [0.2, 0.25) is 0 Å². The molecule has 0 aromatic heterocycles. The molecule has 114 valence electrons. The molecule has 0 spiro atoms. The molecule has 4 N–H and O–H groups in total. The highest BCUT2D eigenvalue weighted by Crippen LogP contribution is 2.34. The van der Waals surface area contributed by atoms with Gasteiger partial charge in [-0.1, -0.05) is 6.07 Å². The quantitative estimate of drug-likeness (QED) is 0.731. The Morgan fingerprint density at radius 1 is 1.35 bits per heavy atom. The molecule has 0 amide bonds. The number of hydrogen-bond donors (Lipinski definition) is 3. The first-order valence-electron chi connectivity index (χ1n) is 5.79. The van der Waals surface area contributed by atoms with Crippen LogP contribution in [0.4, 0.5) is 18.9 Å². The standard InChI is InChI=1S/C12H17F3N2O2S/c1-11(2,16)7-17-9-4-3-8(6-20(18)19)10(5-9)12(13,14)15/h3-5,17H,6-7,16H2,1-2H3,(H,18,19). The van der Waals surface area contributed by atoms with E-state index in [-0.39, 0.29) is 11.3 Å². The third kappa shape index (κ3) is 5.48.